The van der Waals surface area contributed by atoms with Gasteiger partial charge in [0.05, 0.1) is 5.75 Å². The first-order valence-corrected chi connectivity index (χ1v) is 8.71. The minimum atomic E-state index is -3.52. The van der Waals surface area contributed by atoms with Crippen LogP contribution in [0.15, 0.2) is 53.3 Å². The van der Waals surface area contributed by atoms with E-state index in [2.05, 4.69) is 26.2 Å². The van der Waals surface area contributed by atoms with E-state index in [1.807, 2.05) is 6.07 Å². The van der Waals surface area contributed by atoms with Crippen LogP contribution in [-0.4, -0.2) is 25.1 Å². The number of pyridine rings is 1. The lowest BCUT2D eigenvalue weighted by atomic mass is 10.2. The zero-order valence-electron chi connectivity index (χ0n) is 11.0. The molecular weight excluding hydrogens is 356 g/mol. The maximum Gasteiger partial charge on any atom is 0.239 e. The Bertz CT molecular complexity index is 733. The number of halogens is 1. The molecule has 0 aliphatic carbocycles. The second-order valence-electron chi connectivity index (χ2n) is 4.45. The summed E-state index contributed by atoms with van der Waals surface area (Å²) in [6.45, 7) is 0. The first-order chi connectivity index (χ1) is 9.94. The molecular formula is C14H13BrN2O3S. The molecule has 2 rings (SSSR count). The van der Waals surface area contributed by atoms with Crippen LogP contribution in [0.4, 0.5) is 5.69 Å². The van der Waals surface area contributed by atoms with Crippen molar-refractivity contribution in [2.45, 2.75) is 5.75 Å². The normalized spacial score (nSPS) is 11.1. The van der Waals surface area contributed by atoms with Gasteiger partial charge in [-0.2, -0.15) is 0 Å². The number of benzene rings is 1. The van der Waals surface area contributed by atoms with Crippen molar-refractivity contribution in [3.8, 4) is 0 Å². The van der Waals surface area contributed by atoms with Crippen LogP contribution in [-0.2, 0) is 20.4 Å². The van der Waals surface area contributed by atoms with Crippen LogP contribution in [0, 0.1) is 0 Å². The van der Waals surface area contributed by atoms with E-state index >= 15 is 0 Å². The SMILES string of the molecule is O=C(CS(=O)(=O)Cc1cccc(Br)c1)Nc1ccncc1. The molecule has 110 valence electrons. The fourth-order valence-electron chi connectivity index (χ4n) is 1.76. The monoisotopic (exact) mass is 368 g/mol. The summed E-state index contributed by atoms with van der Waals surface area (Å²) in [6.07, 6.45) is 3.04. The van der Waals surface area contributed by atoms with Gasteiger partial charge in [0.15, 0.2) is 9.84 Å². The van der Waals surface area contributed by atoms with Crippen molar-refractivity contribution >= 4 is 37.4 Å². The van der Waals surface area contributed by atoms with E-state index in [1.54, 1.807) is 30.3 Å². The molecule has 0 unspecified atom stereocenters. The average Bonchev–Trinajstić information content (AvgIpc) is 2.38. The highest BCUT2D eigenvalue weighted by atomic mass is 79.9. The van der Waals surface area contributed by atoms with Gasteiger partial charge in [-0.1, -0.05) is 28.1 Å². The number of hydrogen-bond donors (Lipinski definition) is 1. The van der Waals surface area contributed by atoms with Crippen LogP contribution < -0.4 is 5.32 Å². The zero-order valence-corrected chi connectivity index (χ0v) is 13.4. The van der Waals surface area contributed by atoms with Crippen LogP contribution in [0.3, 0.4) is 0 Å². The molecule has 0 saturated carbocycles. The van der Waals surface area contributed by atoms with Crippen molar-refractivity contribution in [3.63, 3.8) is 0 Å². The molecule has 5 nitrogen and oxygen atoms in total. The standard InChI is InChI=1S/C14H13BrN2O3S/c15-12-3-1-2-11(8-12)9-21(19,20)10-14(18)17-13-4-6-16-7-5-13/h1-8H,9-10H2,(H,16,17,18). The third-order valence-corrected chi connectivity index (χ3v) is 4.56. The van der Waals surface area contributed by atoms with E-state index in [4.69, 9.17) is 0 Å². The largest absolute Gasteiger partial charge is 0.325 e. The summed E-state index contributed by atoms with van der Waals surface area (Å²) in [5, 5.41) is 2.53. The number of anilines is 1. The van der Waals surface area contributed by atoms with Crippen molar-refractivity contribution in [3.05, 3.63) is 58.8 Å². The van der Waals surface area contributed by atoms with Gasteiger partial charge in [-0.05, 0) is 29.8 Å². The predicted molar refractivity (Wildman–Crippen MR) is 84.5 cm³/mol. The van der Waals surface area contributed by atoms with Crippen molar-refractivity contribution < 1.29 is 13.2 Å². The maximum atomic E-state index is 12.0. The molecule has 1 aromatic carbocycles. The number of aromatic nitrogens is 1. The van der Waals surface area contributed by atoms with Gasteiger partial charge in [0.1, 0.15) is 5.75 Å². The summed E-state index contributed by atoms with van der Waals surface area (Å²) in [6, 6.07) is 10.2. The molecule has 0 spiro atoms. The Kier molecular flexibility index (Phi) is 5.08. The molecule has 0 fully saturated rings. The Labute approximate surface area is 131 Å². The van der Waals surface area contributed by atoms with Crippen molar-refractivity contribution in [1.82, 2.24) is 4.98 Å². The first-order valence-electron chi connectivity index (χ1n) is 6.09. The summed E-state index contributed by atoms with van der Waals surface area (Å²) >= 11 is 3.28. The van der Waals surface area contributed by atoms with Crippen molar-refractivity contribution in [2.24, 2.45) is 0 Å². The summed E-state index contributed by atoms with van der Waals surface area (Å²) in [7, 11) is -3.52. The summed E-state index contributed by atoms with van der Waals surface area (Å²) in [5.74, 6) is -1.28. The highest BCUT2D eigenvalue weighted by Gasteiger charge is 2.17. The summed E-state index contributed by atoms with van der Waals surface area (Å²) in [4.78, 5) is 15.6. The number of nitrogens with zero attached hydrogens (tertiary/aromatic N) is 1. The zero-order chi connectivity index (χ0) is 15.3. The second-order valence-corrected chi connectivity index (χ2v) is 7.43. The third-order valence-electron chi connectivity index (χ3n) is 2.59. The fourth-order valence-corrected chi connectivity index (χ4v) is 3.47. The van der Waals surface area contributed by atoms with Crippen molar-refractivity contribution in [2.75, 3.05) is 11.1 Å². The van der Waals surface area contributed by atoms with Gasteiger partial charge in [0, 0.05) is 22.6 Å². The number of carbonyl (C=O) groups is 1. The summed E-state index contributed by atoms with van der Waals surface area (Å²) in [5.41, 5.74) is 1.16. The van der Waals surface area contributed by atoms with E-state index in [0.29, 0.717) is 11.3 Å². The average molecular weight is 369 g/mol. The maximum absolute atomic E-state index is 12.0. The molecule has 21 heavy (non-hydrogen) atoms. The van der Waals surface area contributed by atoms with Crippen LogP contribution >= 0.6 is 15.9 Å². The minimum Gasteiger partial charge on any atom is -0.325 e. The van der Waals surface area contributed by atoms with Gasteiger partial charge >= 0.3 is 0 Å². The van der Waals surface area contributed by atoms with E-state index in [0.717, 1.165) is 4.47 Å². The van der Waals surface area contributed by atoms with Gasteiger partial charge in [0.25, 0.3) is 0 Å². The number of rotatable bonds is 5. The molecule has 0 aliphatic heterocycles. The molecule has 1 heterocycles. The second kappa shape index (κ2) is 6.82. The molecule has 2 aromatic rings. The van der Waals surface area contributed by atoms with E-state index in [1.165, 1.54) is 12.4 Å². The minimum absolute atomic E-state index is 0.170. The third kappa shape index (κ3) is 5.28. The highest BCUT2D eigenvalue weighted by molar-refractivity contribution is 9.10. The molecule has 0 aliphatic rings. The predicted octanol–water partition coefficient (Wildman–Crippen LogP) is 2.40. The smallest absolute Gasteiger partial charge is 0.239 e. The number of amides is 1. The van der Waals surface area contributed by atoms with Gasteiger partial charge < -0.3 is 5.32 Å². The van der Waals surface area contributed by atoms with Gasteiger partial charge in [-0.25, -0.2) is 8.42 Å². The molecule has 0 atom stereocenters. The van der Waals surface area contributed by atoms with Crippen LogP contribution in [0.2, 0.25) is 0 Å². The number of nitrogens with one attached hydrogen (secondary N) is 1. The molecule has 0 bridgehead atoms. The lowest BCUT2D eigenvalue weighted by molar-refractivity contribution is -0.113. The van der Waals surface area contributed by atoms with E-state index in [9.17, 15) is 13.2 Å². The first kappa shape index (κ1) is 15.7. The number of sulfone groups is 1. The lowest BCUT2D eigenvalue weighted by Crippen LogP contribution is -2.23. The molecule has 1 amide bonds. The molecule has 1 aromatic heterocycles. The molecule has 0 radical (unpaired) electrons. The Hall–Kier alpha value is -1.73. The van der Waals surface area contributed by atoms with Crippen LogP contribution in [0.25, 0.3) is 0 Å². The molecule has 1 N–H and O–H groups in total. The number of hydrogen-bond acceptors (Lipinski definition) is 4. The van der Waals surface area contributed by atoms with Gasteiger partial charge in [-0.15, -0.1) is 0 Å². The van der Waals surface area contributed by atoms with Crippen LogP contribution in [0.5, 0.6) is 0 Å². The Morgan fingerprint density at radius 3 is 2.57 bits per heavy atom. The Morgan fingerprint density at radius 1 is 1.19 bits per heavy atom. The Morgan fingerprint density at radius 2 is 1.90 bits per heavy atom. The Balaban J connectivity index is 1.99. The quantitative estimate of drug-likeness (QED) is 0.878. The van der Waals surface area contributed by atoms with Gasteiger partial charge in [-0.3, -0.25) is 9.78 Å². The van der Waals surface area contributed by atoms with E-state index in [-0.39, 0.29) is 5.75 Å². The summed E-state index contributed by atoms with van der Waals surface area (Å²) < 4.78 is 24.8. The van der Waals surface area contributed by atoms with Crippen molar-refractivity contribution in [1.29, 1.82) is 0 Å². The van der Waals surface area contributed by atoms with Gasteiger partial charge in [0.2, 0.25) is 5.91 Å². The molecule has 0 saturated heterocycles. The fraction of sp³-hybridized carbons (Fsp3) is 0.143. The molecule has 7 heteroatoms. The number of carbonyl (C=O) groups excluding carboxylic acids is 1. The van der Waals surface area contributed by atoms with E-state index < -0.39 is 21.5 Å². The highest BCUT2D eigenvalue weighted by Crippen LogP contribution is 2.14. The topological polar surface area (TPSA) is 76.1 Å². The van der Waals surface area contributed by atoms with Crippen LogP contribution in [0.1, 0.15) is 5.56 Å². The lowest BCUT2D eigenvalue weighted by Gasteiger charge is -2.06.